The van der Waals surface area contributed by atoms with Gasteiger partial charge in [0.05, 0.1) is 6.19 Å². The molecular weight excluding hydrogens is 468 g/mol. The summed E-state index contributed by atoms with van der Waals surface area (Å²) in [4.78, 5) is 0. The van der Waals surface area contributed by atoms with E-state index in [0.29, 0.717) is 12.1 Å². The van der Waals surface area contributed by atoms with Crippen LogP contribution in [0.1, 0.15) is 27.7 Å². The molecular formula is C30H33NP2S. The van der Waals surface area contributed by atoms with Crippen LogP contribution in [-0.4, -0.2) is 16.8 Å². The van der Waals surface area contributed by atoms with Crippen molar-refractivity contribution in [2.24, 2.45) is 0 Å². The van der Waals surface area contributed by atoms with Crippen molar-refractivity contribution >= 4 is 52.4 Å². The molecule has 0 saturated heterocycles. The van der Waals surface area contributed by atoms with Crippen molar-refractivity contribution in [2.75, 3.05) is 0 Å². The monoisotopic (exact) mass is 501 g/mol. The predicted octanol–water partition coefficient (Wildman–Crippen LogP) is 5.91. The minimum Gasteiger partial charge on any atom is -0.263 e. The van der Waals surface area contributed by atoms with Gasteiger partial charge in [-0.1, -0.05) is 127 Å². The van der Waals surface area contributed by atoms with Crippen LogP contribution in [0.2, 0.25) is 0 Å². The van der Waals surface area contributed by atoms with Gasteiger partial charge in [0, 0.05) is 22.7 Å². The summed E-state index contributed by atoms with van der Waals surface area (Å²) >= 11 is 6.86. The van der Waals surface area contributed by atoms with Gasteiger partial charge in [0.15, 0.2) is 0 Å². The lowest BCUT2D eigenvalue weighted by molar-refractivity contribution is 0.327. The minimum absolute atomic E-state index is 0.332. The Morgan fingerprint density at radius 1 is 0.588 bits per heavy atom. The van der Waals surface area contributed by atoms with Crippen molar-refractivity contribution < 1.29 is 0 Å². The van der Waals surface area contributed by atoms with E-state index in [9.17, 15) is 0 Å². The summed E-state index contributed by atoms with van der Waals surface area (Å²) in [5.41, 5.74) is 0. The highest BCUT2D eigenvalue weighted by molar-refractivity contribution is 8.21. The third kappa shape index (κ3) is 4.98. The summed E-state index contributed by atoms with van der Waals surface area (Å²) in [7, 11) is -0.750. The van der Waals surface area contributed by atoms with Gasteiger partial charge in [-0.15, -0.1) is 0 Å². The molecule has 0 heterocycles. The molecule has 0 spiro atoms. The molecule has 0 bridgehead atoms. The van der Waals surface area contributed by atoms with Crippen molar-refractivity contribution in [3.05, 3.63) is 115 Å². The topological polar surface area (TPSA) is 3.24 Å². The fourth-order valence-corrected chi connectivity index (χ4v) is 13.4. The quantitative estimate of drug-likeness (QED) is 0.276. The Labute approximate surface area is 211 Å². The zero-order valence-electron chi connectivity index (χ0n) is 20.4. The summed E-state index contributed by atoms with van der Waals surface area (Å²) in [6, 6.07) is 42.4. The lowest BCUT2D eigenvalue weighted by atomic mass is 10.3. The molecule has 1 atom stereocenters. The van der Waals surface area contributed by atoms with Gasteiger partial charge in [-0.2, -0.15) is 0 Å². The Kier molecular flexibility index (Phi) is 8.18. The molecule has 4 aromatic carbocycles. The van der Waals surface area contributed by atoms with E-state index in [0.717, 1.165) is 0 Å². The summed E-state index contributed by atoms with van der Waals surface area (Å²) in [5, 5.41) is 6.65. The van der Waals surface area contributed by atoms with E-state index >= 15 is 0 Å². The average Bonchev–Trinajstić information content (AvgIpc) is 2.86. The molecule has 0 fully saturated rings. The Morgan fingerprint density at radius 2 is 1.00 bits per heavy atom. The van der Waals surface area contributed by atoms with Crippen molar-refractivity contribution in [1.82, 2.24) is 4.67 Å². The second-order valence-electron chi connectivity index (χ2n) is 8.97. The highest BCUT2D eigenvalue weighted by Gasteiger charge is 2.36. The normalized spacial score (nSPS) is 13.5. The van der Waals surface area contributed by atoms with Crippen molar-refractivity contribution in [3.8, 4) is 0 Å². The maximum atomic E-state index is 6.86. The van der Waals surface area contributed by atoms with Gasteiger partial charge in [-0.3, -0.25) is 4.67 Å². The first-order valence-electron chi connectivity index (χ1n) is 11.9. The highest BCUT2D eigenvalue weighted by atomic mass is 32.4. The Hall–Kier alpha value is -2.08. The molecule has 0 aliphatic carbocycles. The zero-order chi connectivity index (χ0) is 24.1. The third-order valence-corrected chi connectivity index (χ3v) is 14.0. The second-order valence-corrected chi connectivity index (χ2v) is 15.4. The lowest BCUT2D eigenvalue weighted by Gasteiger charge is -2.43. The van der Waals surface area contributed by atoms with Crippen LogP contribution in [0.3, 0.4) is 0 Å². The Morgan fingerprint density at radius 3 is 1.47 bits per heavy atom. The first kappa shape index (κ1) is 25.0. The van der Waals surface area contributed by atoms with E-state index in [4.69, 9.17) is 11.8 Å². The molecule has 1 nitrogen and oxygen atoms in total. The zero-order valence-corrected chi connectivity index (χ0v) is 23.0. The van der Waals surface area contributed by atoms with E-state index in [-0.39, 0.29) is 0 Å². The van der Waals surface area contributed by atoms with Gasteiger partial charge in [0.2, 0.25) is 0 Å². The number of hydrogen-bond acceptors (Lipinski definition) is 1. The molecule has 0 aromatic heterocycles. The third-order valence-electron chi connectivity index (χ3n) is 5.97. The highest BCUT2D eigenvalue weighted by Crippen LogP contribution is 2.51. The molecule has 0 aliphatic heterocycles. The van der Waals surface area contributed by atoms with Crippen LogP contribution < -0.4 is 26.5 Å². The van der Waals surface area contributed by atoms with Gasteiger partial charge >= 0.3 is 0 Å². The first-order chi connectivity index (χ1) is 16.4. The van der Waals surface area contributed by atoms with Gasteiger partial charge in [-0.05, 0) is 51.5 Å². The van der Waals surface area contributed by atoms with E-state index in [1.165, 1.54) is 26.5 Å². The second kappa shape index (κ2) is 11.1. The van der Waals surface area contributed by atoms with Crippen molar-refractivity contribution in [2.45, 2.75) is 39.8 Å². The van der Waals surface area contributed by atoms with Crippen molar-refractivity contribution in [1.29, 1.82) is 0 Å². The molecule has 34 heavy (non-hydrogen) atoms. The molecule has 0 aliphatic rings. The SMILES string of the molecule is CC(C)N(C(C)C)[P@](=S)(c1ccccc1)c1ccccc1P(c1ccccc1)c1ccccc1. The van der Waals surface area contributed by atoms with E-state index < -0.39 is 14.1 Å². The Bertz CT molecular complexity index is 1190. The maximum Gasteiger partial charge on any atom is 0.0721 e. The van der Waals surface area contributed by atoms with Crippen LogP contribution >= 0.6 is 14.1 Å². The molecule has 174 valence electrons. The number of nitrogens with zero attached hydrogens (tertiary/aromatic N) is 1. The minimum atomic E-state index is -2.30. The lowest BCUT2D eigenvalue weighted by Crippen LogP contribution is -2.44. The van der Waals surface area contributed by atoms with Gasteiger partial charge < -0.3 is 0 Å². The molecule has 4 heteroatoms. The van der Waals surface area contributed by atoms with E-state index in [1.807, 2.05) is 0 Å². The standard InChI is InChI=1S/C30H33NP2S/c1-24(2)31(25(3)4)33(34,28-20-12-7-13-21-28)30-23-15-14-22-29(30)32(26-16-8-5-9-17-26)27-18-10-6-11-19-27/h5-25H,1-4H3/t33-/m0/s1. The number of rotatable bonds is 8. The number of benzene rings is 4. The van der Waals surface area contributed by atoms with Crippen LogP contribution in [-0.2, 0) is 11.8 Å². The average molecular weight is 502 g/mol. The Balaban J connectivity index is 2.04. The van der Waals surface area contributed by atoms with Crippen molar-refractivity contribution in [3.63, 3.8) is 0 Å². The first-order valence-corrected chi connectivity index (χ1v) is 16.0. The van der Waals surface area contributed by atoms with Crippen LogP contribution in [0.4, 0.5) is 0 Å². The molecule has 0 N–H and O–H groups in total. The molecule has 4 aromatic rings. The van der Waals surface area contributed by atoms with Crippen LogP contribution in [0.15, 0.2) is 115 Å². The van der Waals surface area contributed by atoms with Crippen LogP contribution in [0, 0.1) is 0 Å². The molecule has 0 amide bonds. The summed E-state index contributed by atoms with van der Waals surface area (Å²) in [6.07, 6.45) is -2.30. The van der Waals surface area contributed by atoms with Crippen LogP contribution in [0.5, 0.6) is 0 Å². The molecule has 0 unspecified atom stereocenters. The fourth-order valence-electron chi connectivity index (χ4n) is 4.76. The molecule has 0 radical (unpaired) electrons. The molecule has 0 saturated carbocycles. The predicted molar refractivity (Wildman–Crippen MR) is 157 cm³/mol. The van der Waals surface area contributed by atoms with Gasteiger partial charge in [-0.25, -0.2) is 0 Å². The van der Waals surface area contributed by atoms with E-state index in [1.54, 1.807) is 0 Å². The fraction of sp³-hybridized carbons (Fsp3) is 0.200. The summed E-state index contributed by atoms with van der Waals surface area (Å²) in [5.74, 6) is 0. The number of hydrogen-bond donors (Lipinski definition) is 0. The largest absolute Gasteiger partial charge is 0.263 e. The molecule has 4 rings (SSSR count). The maximum absolute atomic E-state index is 6.86. The summed E-state index contributed by atoms with van der Waals surface area (Å²) < 4.78 is 2.60. The van der Waals surface area contributed by atoms with E-state index in [2.05, 4.69) is 148 Å². The smallest absolute Gasteiger partial charge is 0.0721 e. The van der Waals surface area contributed by atoms with Gasteiger partial charge in [0.1, 0.15) is 0 Å². The van der Waals surface area contributed by atoms with Gasteiger partial charge in [0.25, 0.3) is 0 Å². The summed E-state index contributed by atoms with van der Waals surface area (Å²) in [6.45, 7) is 9.13. The van der Waals surface area contributed by atoms with Crippen LogP contribution in [0.25, 0.3) is 0 Å².